The predicted octanol–water partition coefficient (Wildman–Crippen LogP) is 1.57. The van der Waals surface area contributed by atoms with Gasteiger partial charge in [-0.05, 0) is 37.5 Å². The first kappa shape index (κ1) is 16.0. The number of nitrogens with one attached hydrogen (secondary N) is 1. The average Bonchev–Trinajstić information content (AvgIpc) is 2.44. The number of phenols is 1. The first-order valence-electron chi connectivity index (χ1n) is 7.35. The molecule has 0 bridgehead atoms. The normalized spacial score (nSPS) is 11.1. The number of carbonyl (C=O) groups excluding carboxylic acids is 1. The van der Waals surface area contributed by atoms with E-state index in [1.54, 1.807) is 13.0 Å². The molecule has 0 atom stereocenters. The third kappa shape index (κ3) is 3.63. The highest BCUT2D eigenvalue weighted by atomic mass is 16.3. The molecule has 1 aromatic carbocycles. The number of aryl methyl sites for hydroxylation is 1. The first-order valence-corrected chi connectivity index (χ1v) is 7.35. The topological polar surface area (TPSA) is 84.2 Å². The van der Waals surface area contributed by atoms with Crippen molar-refractivity contribution in [3.05, 3.63) is 34.4 Å². The lowest BCUT2D eigenvalue weighted by atomic mass is 10.1. The number of hydrogen-bond acceptors (Lipinski definition) is 4. The summed E-state index contributed by atoms with van der Waals surface area (Å²) in [6.07, 6.45) is 0.892. The van der Waals surface area contributed by atoms with Crippen molar-refractivity contribution in [1.82, 2.24) is 14.9 Å². The lowest BCUT2D eigenvalue weighted by molar-refractivity contribution is -0.121. The van der Waals surface area contributed by atoms with Crippen LogP contribution in [0.1, 0.15) is 26.1 Å². The van der Waals surface area contributed by atoms with E-state index in [4.69, 9.17) is 0 Å². The first-order chi connectivity index (χ1) is 10.4. The number of aromatic nitrogens is 2. The second-order valence-corrected chi connectivity index (χ2v) is 5.78. The van der Waals surface area contributed by atoms with Gasteiger partial charge in [0.2, 0.25) is 5.91 Å². The Hall–Kier alpha value is -2.37. The summed E-state index contributed by atoms with van der Waals surface area (Å²) in [5.41, 5.74) is 0.189. The standard InChI is InChI=1S/C16H21N3O3/c1-10(2)6-7-17-15(21)9-19-11(3)18-14-5-4-12(20)8-13(14)16(19)22/h4-5,8,10,20H,6-7,9H2,1-3H3,(H,17,21). The van der Waals surface area contributed by atoms with Crippen LogP contribution in [-0.4, -0.2) is 27.1 Å². The van der Waals surface area contributed by atoms with Gasteiger partial charge >= 0.3 is 0 Å². The molecule has 2 N–H and O–H groups in total. The quantitative estimate of drug-likeness (QED) is 0.878. The molecule has 0 aliphatic rings. The van der Waals surface area contributed by atoms with E-state index in [2.05, 4.69) is 24.1 Å². The Kier molecular flexibility index (Phi) is 4.80. The van der Waals surface area contributed by atoms with Crippen molar-refractivity contribution in [2.45, 2.75) is 33.7 Å². The predicted molar refractivity (Wildman–Crippen MR) is 84.9 cm³/mol. The molecule has 2 aromatic rings. The van der Waals surface area contributed by atoms with E-state index in [0.29, 0.717) is 29.2 Å². The fourth-order valence-electron chi connectivity index (χ4n) is 2.21. The third-order valence-corrected chi connectivity index (χ3v) is 3.47. The van der Waals surface area contributed by atoms with Gasteiger partial charge in [0.15, 0.2) is 0 Å². The maximum atomic E-state index is 12.5. The number of nitrogens with zero attached hydrogens (tertiary/aromatic N) is 2. The van der Waals surface area contributed by atoms with E-state index in [0.717, 1.165) is 6.42 Å². The molecule has 0 fully saturated rings. The Morgan fingerprint density at radius 2 is 2.14 bits per heavy atom. The van der Waals surface area contributed by atoms with Crippen LogP contribution in [0.4, 0.5) is 0 Å². The second kappa shape index (κ2) is 6.60. The van der Waals surface area contributed by atoms with Crippen LogP contribution in [0.5, 0.6) is 5.75 Å². The average molecular weight is 303 g/mol. The van der Waals surface area contributed by atoms with Gasteiger partial charge in [0.1, 0.15) is 18.1 Å². The van der Waals surface area contributed by atoms with Gasteiger partial charge in [0.05, 0.1) is 10.9 Å². The van der Waals surface area contributed by atoms with Gasteiger partial charge in [-0.25, -0.2) is 4.98 Å². The van der Waals surface area contributed by atoms with Crippen molar-refractivity contribution in [2.75, 3.05) is 6.54 Å². The highest BCUT2D eigenvalue weighted by Gasteiger charge is 2.12. The molecule has 1 amide bonds. The Morgan fingerprint density at radius 1 is 1.41 bits per heavy atom. The van der Waals surface area contributed by atoms with Crippen LogP contribution >= 0.6 is 0 Å². The smallest absolute Gasteiger partial charge is 0.261 e. The number of benzene rings is 1. The van der Waals surface area contributed by atoms with Crippen molar-refractivity contribution in [3.63, 3.8) is 0 Å². The number of phenolic OH excluding ortho intramolecular Hbond substituents is 1. The molecule has 0 spiro atoms. The monoisotopic (exact) mass is 303 g/mol. The van der Waals surface area contributed by atoms with E-state index >= 15 is 0 Å². The molecule has 6 heteroatoms. The largest absolute Gasteiger partial charge is 0.508 e. The van der Waals surface area contributed by atoms with E-state index in [1.165, 1.54) is 16.7 Å². The molecule has 0 saturated carbocycles. The van der Waals surface area contributed by atoms with Crippen LogP contribution in [0.25, 0.3) is 10.9 Å². The van der Waals surface area contributed by atoms with E-state index in [-0.39, 0.29) is 23.8 Å². The zero-order valence-corrected chi connectivity index (χ0v) is 13.1. The van der Waals surface area contributed by atoms with Gasteiger partial charge in [-0.2, -0.15) is 0 Å². The Balaban J connectivity index is 2.24. The maximum Gasteiger partial charge on any atom is 0.261 e. The summed E-state index contributed by atoms with van der Waals surface area (Å²) >= 11 is 0. The number of carbonyl (C=O) groups is 1. The zero-order valence-electron chi connectivity index (χ0n) is 13.1. The summed E-state index contributed by atoms with van der Waals surface area (Å²) in [7, 11) is 0. The van der Waals surface area contributed by atoms with Gasteiger partial charge in [0.25, 0.3) is 5.56 Å². The molecule has 1 heterocycles. The van der Waals surface area contributed by atoms with Crippen LogP contribution in [0, 0.1) is 12.8 Å². The van der Waals surface area contributed by atoms with Gasteiger partial charge in [0, 0.05) is 6.54 Å². The molecule has 2 rings (SSSR count). The molecule has 118 valence electrons. The van der Waals surface area contributed by atoms with Crippen molar-refractivity contribution < 1.29 is 9.90 Å². The van der Waals surface area contributed by atoms with Gasteiger partial charge in [-0.15, -0.1) is 0 Å². The lowest BCUT2D eigenvalue weighted by Crippen LogP contribution is -2.34. The summed E-state index contributed by atoms with van der Waals surface area (Å²) in [5, 5.41) is 12.6. The van der Waals surface area contributed by atoms with Gasteiger partial charge in [-0.3, -0.25) is 14.2 Å². The highest BCUT2D eigenvalue weighted by molar-refractivity contribution is 5.80. The molecule has 0 radical (unpaired) electrons. The summed E-state index contributed by atoms with van der Waals surface area (Å²) in [4.78, 5) is 28.7. The summed E-state index contributed by atoms with van der Waals surface area (Å²) in [6.45, 7) is 6.38. The van der Waals surface area contributed by atoms with Gasteiger partial charge < -0.3 is 10.4 Å². The lowest BCUT2D eigenvalue weighted by Gasteiger charge is -2.12. The fraction of sp³-hybridized carbons (Fsp3) is 0.438. The van der Waals surface area contributed by atoms with Crippen molar-refractivity contribution in [1.29, 1.82) is 0 Å². The number of fused-ring (bicyclic) bond motifs is 1. The van der Waals surface area contributed by atoms with Crippen molar-refractivity contribution >= 4 is 16.8 Å². The molecule has 6 nitrogen and oxygen atoms in total. The molecule has 22 heavy (non-hydrogen) atoms. The summed E-state index contributed by atoms with van der Waals surface area (Å²) < 4.78 is 1.33. The number of hydrogen-bond donors (Lipinski definition) is 2. The number of rotatable bonds is 5. The van der Waals surface area contributed by atoms with Crippen molar-refractivity contribution in [2.24, 2.45) is 5.92 Å². The van der Waals surface area contributed by atoms with E-state index < -0.39 is 0 Å². The molecular weight excluding hydrogens is 282 g/mol. The molecule has 0 aliphatic heterocycles. The van der Waals surface area contributed by atoms with Crippen LogP contribution in [0.15, 0.2) is 23.0 Å². The Bertz CT molecular complexity index is 750. The maximum absolute atomic E-state index is 12.5. The van der Waals surface area contributed by atoms with E-state index in [1.807, 2.05) is 0 Å². The summed E-state index contributed by atoms with van der Waals surface area (Å²) in [6, 6.07) is 4.45. The van der Waals surface area contributed by atoms with Crippen LogP contribution < -0.4 is 10.9 Å². The van der Waals surface area contributed by atoms with Crippen LogP contribution in [0.3, 0.4) is 0 Å². The Labute approximate surface area is 128 Å². The molecular formula is C16H21N3O3. The number of aromatic hydroxyl groups is 1. The second-order valence-electron chi connectivity index (χ2n) is 5.78. The van der Waals surface area contributed by atoms with Crippen molar-refractivity contribution in [3.8, 4) is 5.75 Å². The SMILES string of the molecule is Cc1nc2ccc(O)cc2c(=O)n1CC(=O)NCCC(C)C. The highest BCUT2D eigenvalue weighted by Crippen LogP contribution is 2.15. The fourth-order valence-corrected chi connectivity index (χ4v) is 2.21. The molecule has 0 unspecified atom stereocenters. The minimum absolute atomic E-state index is 0.00295. The zero-order chi connectivity index (χ0) is 16.3. The summed E-state index contributed by atoms with van der Waals surface area (Å²) in [5.74, 6) is 0.771. The molecule has 1 aromatic heterocycles. The molecule has 0 saturated heterocycles. The minimum Gasteiger partial charge on any atom is -0.508 e. The Morgan fingerprint density at radius 3 is 2.82 bits per heavy atom. The third-order valence-electron chi connectivity index (χ3n) is 3.47. The van der Waals surface area contributed by atoms with Gasteiger partial charge in [-0.1, -0.05) is 13.8 Å². The van der Waals surface area contributed by atoms with Crippen LogP contribution in [-0.2, 0) is 11.3 Å². The molecule has 0 aliphatic carbocycles. The number of amides is 1. The minimum atomic E-state index is -0.322. The van der Waals surface area contributed by atoms with E-state index in [9.17, 15) is 14.7 Å². The van der Waals surface area contributed by atoms with Crippen LogP contribution in [0.2, 0.25) is 0 Å².